The van der Waals surface area contributed by atoms with Gasteiger partial charge in [0.15, 0.2) is 0 Å². The van der Waals surface area contributed by atoms with Crippen LogP contribution in [-0.4, -0.2) is 32.5 Å². The molecule has 6 heteroatoms. The molecule has 130 valence electrons. The summed E-state index contributed by atoms with van der Waals surface area (Å²) in [4.78, 5) is 24.8. The van der Waals surface area contributed by atoms with Gasteiger partial charge in [-0.1, -0.05) is 13.8 Å². The lowest BCUT2D eigenvalue weighted by molar-refractivity contribution is 0.167. The maximum absolute atomic E-state index is 12.2. The van der Waals surface area contributed by atoms with E-state index in [4.69, 9.17) is 0 Å². The Balaban J connectivity index is 1.53. The smallest absolute Gasteiger partial charge is 0.253 e. The van der Waals surface area contributed by atoms with E-state index in [1.165, 1.54) is 4.88 Å². The van der Waals surface area contributed by atoms with Gasteiger partial charge in [-0.2, -0.15) is 0 Å². The van der Waals surface area contributed by atoms with Gasteiger partial charge in [0, 0.05) is 30.2 Å². The molecule has 0 amide bonds. The minimum absolute atomic E-state index is 0.0799. The van der Waals surface area contributed by atoms with Crippen LogP contribution in [0.15, 0.2) is 23.4 Å². The lowest BCUT2D eigenvalue weighted by Gasteiger charge is -2.31. The highest BCUT2D eigenvalue weighted by Crippen LogP contribution is 2.22. The van der Waals surface area contributed by atoms with Crippen LogP contribution >= 0.6 is 11.3 Å². The molecule has 0 saturated carbocycles. The molecule has 0 aliphatic carbocycles. The molecule has 0 unspecified atom stereocenters. The van der Waals surface area contributed by atoms with Crippen LogP contribution in [0.25, 0.3) is 0 Å². The van der Waals surface area contributed by atoms with Crippen LogP contribution in [0.5, 0.6) is 0 Å². The monoisotopic (exact) mass is 346 g/mol. The number of likely N-dealkylation sites (tertiary alicyclic amines) is 1. The first-order chi connectivity index (χ1) is 11.5. The highest BCUT2D eigenvalue weighted by Gasteiger charge is 2.20. The van der Waals surface area contributed by atoms with Crippen LogP contribution < -0.4 is 5.56 Å². The topological polar surface area (TPSA) is 51.0 Å². The molecule has 1 fully saturated rings. The van der Waals surface area contributed by atoms with Crippen molar-refractivity contribution in [3.05, 3.63) is 44.5 Å². The summed E-state index contributed by atoms with van der Waals surface area (Å²) >= 11 is 1.78. The lowest BCUT2D eigenvalue weighted by Crippen LogP contribution is -2.35. The van der Waals surface area contributed by atoms with E-state index in [-0.39, 0.29) is 5.56 Å². The molecule has 1 aliphatic rings. The molecule has 0 atom stereocenters. The fourth-order valence-electron chi connectivity index (χ4n) is 3.20. The summed E-state index contributed by atoms with van der Waals surface area (Å²) in [6, 6.07) is 1.69. The Morgan fingerprint density at radius 1 is 1.29 bits per heavy atom. The minimum Gasteiger partial charge on any atom is -0.299 e. The molecular formula is C18H26N4OS. The number of piperidine rings is 1. The van der Waals surface area contributed by atoms with Crippen molar-refractivity contribution >= 4 is 11.3 Å². The molecule has 0 N–H and O–H groups in total. The Hall–Kier alpha value is -1.53. The van der Waals surface area contributed by atoms with E-state index in [1.54, 1.807) is 28.3 Å². The van der Waals surface area contributed by atoms with Crippen LogP contribution in [-0.2, 0) is 13.1 Å². The number of thiazole rings is 1. The van der Waals surface area contributed by atoms with Gasteiger partial charge >= 0.3 is 0 Å². The molecule has 24 heavy (non-hydrogen) atoms. The number of aromatic nitrogens is 3. The van der Waals surface area contributed by atoms with Gasteiger partial charge in [-0.3, -0.25) is 14.3 Å². The molecule has 0 aromatic carbocycles. The molecule has 3 rings (SSSR count). The van der Waals surface area contributed by atoms with Crippen molar-refractivity contribution in [2.75, 3.05) is 13.1 Å². The van der Waals surface area contributed by atoms with Crippen molar-refractivity contribution < 1.29 is 0 Å². The Labute approximate surface area is 147 Å². The van der Waals surface area contributed by atoms with E-state index in [2.05, 4.69) is 35.6 Å². The zero-order valence-electron chi connectivity index (χ0n) is 14.7. The van der Waals surface area contributed by atoms with Gasteiger partial charge in [0.2, 0.25) is 0 Å². The Kier molecular flexibility index (Phi) is 5.46. The molecule has 1 saturated heterocycles. The zero-order valence-corrected chi connectivity index (χ0v) is 15.6. The Bertz CT molecular complexity index is 729. The fourth-order valence-corrected chi connectivity index (χ4v) is 4.03. The number of nitrogens with zero attached hydrogens (tertiary/aromatic N) is 4. The van der Waals surface area contributed by atoms with E-state index in [0.29, 0.717) is 11.8 Å². The molecule has 2 aromatic heterocycles. The molecule has 0 spiro atoms. The minimum atomic E-state index is 0.0799. The van der Waals surface area contributed by atoms with Crippen molar-refractivity contribution in [1.82, 2.24) is 19.4 Å². The third-order valence-corrected chi connectivity index (χ3v) is 5.60. The van der Waals surface area contributed by atoms with E-state index in [0.717, 1.165) is 49.7 Å². The second kappa shape index (κ2) is 7.57. The van der Waals surface area contributed by atoms with Crippen molar-refractivity contribution in [2.24, 2.45) is 5.92 Å². The van der Waals surface area contributed by atoms with E-state index in [9.17, 15) is 4.79 Å². The number of rotatable bonds is 5. The molecular weight excluding hydrogens is 320 g/mol. The molecule has 2 aromatic rings. The van der Waals surface area contributed by atoms with Gasteiger partial charge in [-0.25, -0.2) is 9.97 Å². The predicted octanol–water partition coefficient (Wildman–Crippen LogP) is 3.04. The van der Waals surface area contributed by atoms with Gasteiger partial charge in [0.25, 0.3) is 5.56 Å². The fraction of sp³-hybridized carbons (Fsp3) is 0.611. The maximum Gasteiger partial charge on any atom is 0.253 e. The summed E-state index contributed by atoms with van der Waals surface area (Å²) < 4.78 is 1.78. The van der Waals surface area contributed by atoms with Gasteiger partial charge in [-0.15, -0.1) is 11.3 Å². The van der Waals surface area contributed by atoms with Gasteiger partial charge in [0.1, 0.15) is 0 Å². The van der Waals surface area contributed by atoms with Gasteiger partial charge < -0.3 is 0 Å². The van der Waals surface area contributed by atoms with Crippen molar-refractivity contribution in [1.29, 1.82) is 0 Å². The summed E-state index contributed by atoms with van der Waals surface area (Å²) in [5, 5.41) is 1.14. The third kappa shape index (κ3) is 4.30. The van der Waals surface area contributed by atoms with Crippen LogP contribution in [0.3, 0.4) is 0 Å². The van der Waals surface area contributed by atoms with Crippen LogP contribution in [0, 0.1) is 12.8 Å². The predicted molar refractivity (Wildman–Crippen MR) is 97.4 cm³/mol. The summed E-state index contributed by atoms with van der Waals surface area (Å²) in [6.45, 7) is 10.2. The average molecular weight is 347 g/mol. The molecule has 1 aliphatic heterocycles. The summed E-state index contributed by atoms with van der Waals surface area (Å²) in [7, 11) is 0. The van der Waals surface area contributed by atoms with Gasteiger partial charge in [0.05, 0.1) is 17.0 Å². The molecule has 5 nitrogen and oxygen atoms in total. The Morgan fingerprint density at radius 2 is 2.04 bits per heavy atom. The first-order valence-electron chi connectivity index (χ1n) is 8.71. The number of aryl methyl sites for hydroxylation is 1. The standard InChI is InChI=1S/C18H26N4OS/c1-13(2)17-8-18(23)22(12-20-17)10-15-4-6-21(7-5-15)11-16-9-19-14(3)24-16/h8-9,12-13,15H,4-7,10-11H2,1-3H3. The highest BCUT2D eigenvalue weighted by molar-refractivity contribution is 7.11. The van der Waals surface area contributed by atoms with Crippen molar-refractivity contribution in [3.8, 4) is 0 Å². The van der Waals surface area contributed by atoms with Crippen LogP contribution in [0.4, 0.5) is 0 Å². The highest BCUT2D eigenvalue weighted by atomic mass is 32.1. The second-order valence-electron chi connectivity index (χ2n) is 7.02. The lowest BCUT2D eigenvalue weighted by atomic mass is 9.96. The number of hydrogen-bond donors (Lipinski definition) is 0. The van der Waals surface area contributed by atoms with E-state index >= 15 is 0 Å². The zero-order chi connectivity index (χ0) is 17.1. The normalized spacial score (nSPS) is 16.8. The van der Waals surface area contributed by atoms with E-state index in [1.807, 2.05) is 6.20 Å². The summed E-state index contributed by atoms with van der Waals surface area (Å²) in [5.41, 5.74) is 0.960. The Morgan fingerprint density at radius 3 is 2.62 bits per heavy atom. The summed E-state index contributed by atoms with van der Waals surface area (Å²) in [5.74, 6) is 0.861. The molecule has 0 radical (unpaired) electrons. The molecule has 3 heterocycles. The van der Waals surface area contributed by atoms with Crippen LogP contribution in [0.2, 0.25) is 0 Å². The average Bonchev–Trinajstić information content (AvgIpc) is 2.96. The van der Waals surface area contributed by atoms with Crippen molar-refractivity contribution in [2.45, 2.75) is 52.6 Å². The summed E-state index contributed by atoms with van der Waals surface area (Å²) in [6.07, 6.45) is 5.99. The van der Waals surface area contributed by atoms with E-state index < -0.39 is 0 Å². The van der Waals surface area contributed by atoms with Gasteiger partial charge in [-0.05, 0) is 44.7 Å². The SMILES string of the molecule is Cc1ncc(CN2CCC(Cn3cnc(C(C)C)cc3=O)CC2)s1. The maximum atomic E-state index is 12.2. The molecule has 0 bridgehead atoms. The quantitative estimate of drug-likeness (QED) is 0.835. The van der Waals surface area contributed by atoms with Crippen molar-refractivity contribution in [3.63, 3.8) is 0 Å². The second-order valence-corrected chi connectivity index (χ2v) is 8.34. The first-order valence-corrected chi connectivity index (χ1v) is 9.53. The number of hydrogen-bond acceptors (Lipinski definition) is 5. The van der Waals surface area contributed by atoms with Crippen LogP contribution in [0.1, 0.15) is 48.2 Å². The largest absolute Gasteiger partial charge is 0.299 e. The first kappa shape index (κ1) is 17.3. The third-order valence-electron chi connectivity index (χ3n) is 4.70.